The van der Waals surface area contributed by atoms with Crippen LogP contribution in [-0.4, -0.2) is 123 Å². The van der Waals surface area contributed by atoms with Crippen molar-refractivity contribution in [2.75, 3.05) is 19.8 Å². The topological polar surface area (TPSA) is 221 Å². The highest BCUT2D eigenvalue weighted by atomic mass is 16.8. The van der Waals surface area contributed by atoms with Gasteiger partial charge in [-0.15, -0.1) is 0 Å². The van der Waals surface area contributed by atoms with Gasteiger partial charge in [0.1, 0.15) is 18.8 Å². The van der Waals surface area contributed by atoms with Crippen LogP contribution in [0.25, 0.3) is 0 Å². The smallest absolute Gasteiger partial charge is 0.303 e. The Balaban J connectivity index is 2.53. The number of carbonyl (C=O) groups is 7. The lowest BCUT2D eigenvalue weighted by Crippen LogP contribution is -2.65. The summed E-state index contributed by atoms with van der Waals surface area (Å²) in [6.07, 6.45) is -14.3. The number of rotatable bonds is 13. The second kappa shape index (κ2) is 17.7. The van der Waals surface area contributed by atoms with Crippen molar-refractivity contribution in [1.82, 2.24) is 0 Å². The maximum atomic E-state index is 12.1. The van der Waals surface area contributed by atoms with Crippen molar-refractivity contribution in [1.29, 1.82) is 0 Å². The van der Waals surface area contributed by atoms with E-state index in [0.717, 1.165) is 48.5 Å². The van der Waals surface area contributed by atoms with E-state index in [9.17, 15) is 33.6 Å². The normalized spacial score (nSPS) is 30.6. The first-order chi connectivity index (χ1) is 21.5. The average Bonchev–Trinajstić information content (AvgIpc) is 2.91. The van der Waals surface area contributed by atoms with Crippen LogP contribution in [0.15, 0.2) is 0 Å². The van der Waals surface area contributed by atoms with E-state index in [-0.39, 0.29) is 6.61 Å². The molecule has 0 spiro atoms. The monoisotopic (exact) mass is 664 g/mol. The van der Waals surface area contributed by atoms with Gasteiger partial charge >= 0.3 is 41.8 Å². The molecule has 0 N–H and O–H groups in total. The Morgan fingerprint density at radius 2 is 0.761 bits per heavy atom. The largest absolute Gasteiger partial charge is 0.463 e. The zero-order valence-corrected chi connectivity index (χ0v) is 26.7. The zero-order chi connectivity index (χ0) is 34.7. The summed E-state index contributed by atoms with van der Waals surface area (Å²) in [6, 6.07) is 0. The Bertz CT molecular complexity index is 1120. The van der Waals surface area contributed by atoms with E-state index in [2.05, 4.69) is 0 Å². The van der Waals surface area contributed by atoms with E-state index in [4.69, 9.17) is 52.1 Å². The van der Waals surface area contributed by atoms with E-state index < -0.39 is 116 Å². The van der Waals surface area contributed by atoms with Gasteiger partial charge < -0.3 is 52.1 Å². The summed E-state index contributed by atoms with van der Waals surface area (Å²) in [5, 5.41) is 0. The third-order valence-corrected chi connectivity index (χ3v) is 6.20. The van der Waals surface area contributed by atoms with Gasteiger partial charge in [0.2, 0.25) is 0 Å². The number of hydrogen-bond acceptors (Lipinski definition) is 18. The molecule has 2 aliphatic rings. The lowest BCUT2D eigenvalue weighted by atomic mass is 9.97. The Kier molecular flexibility index (Phi) is 14.8. The van der Waals surface area contributed by atoms with Crippen LogP contribution in [0.1, 0.15) is 55.4 Å². The molecule has 2 heterocycles. The van der Waals surface area contributed by atoms with Crippen molar-refractivity contribution < 1.29 is 85.7 Å². The van der Waals surface area contributed by atoms with Crippen LogP contribution in [0.3, 0.4) is 0 Å². The fourth-order valence-electron chi connectivity index (χ4n) is 4.80. The van der Waals surface area contributed by atoms with Crippen molar-refractivity contribution >= 4 is 41.8 Å². The Labute approximate surface area is 264 Å². The minimum atomic E-state index is -1.61. The van der Waals surface area contributed by atoms with E-state index in [1.165, 1.54) is 0 Å². The number of hydrogen-bond donors (Lipinski definition) is 0. The van der Waals surface area contributed by atoms with Crippen LogP contribution in [0, 0.1) is 0 Å². The molecule has 0 saturated carbocycles. The average molecular weight is 665 g/mol. The molecule has 260 valence electrons. The summed E-state index contributed by atoms with van der Waals surface area (Å²) in [5.74, 6) is -5.65. The van der Waals surface area contributed by atoms with E-state index in [1.54, 1.807) is 6.92 Å². The van der Waals surface area contributed by atoms with Gasteiger partial charge in [0.05, 0.1) is 6.61 Å². The molecule has 0 aromatic rings. The van der Waals surface area contributed by atoms with Crippen LogP contribution in [0.2, 0.25) is 0 Å². The summed E-state index contributed by atoms with van der Waals surface area (Å²) in [5.41, 5.74) is 0. The van der Waals surface area contributed by atoms with Crippen LogP contribution >= 0.6 is 0 Å². The first-order valence-electron chi connectivity index (χ1n) is 14.2. The van der Waals surface area contributed by atoms with Gasteiger partial charge in [-0.05, 0) is 6.92 Å². The Hall–Kier alpha value is -3.87. The van der Waals surface area contributed by atoms with E-state index >= 15 is 0 Å². The van der Waals surface area contributed by atoms with Gasteiger partial charge in [-0.1, -0.05) is 0 Å². The number of ether oxygens (including phenoxy) is 11. The van der Waals surface area contributed by atoms with Crippen LogP contribution in [0.5, 0.6) is 0 Å². The molecular formula is C28H40O18. The molecule has 18 heteroatoms. The highest BCUT2D eigenvalue weighted by molar-refractivity contribution is 5.69. The standard InChI is InChI=1S/C28H40O18/c1-9-36-27-25(43-17(7)34)23(41-15(5)32)22(40-14(4)31)20(45-27)11-38-28-26(44-18(8)35)24(42-16(6)33)21(39-13(3)30)19(46-28)10-37-12(2)29/h19-28H,9-11H2,1-8H3/t19-,20-,21-,22-,23+,24+,25-,26-,27-,28-/m1/s1. The van der Waals surface area contributed by atoms with Crippen molar-refractivity contribution in [3.8, 4) is 0 Å². The van der Waals surface area contributed by atoms with Crippen molar-refractivity contribution in [2.24, 2.45) is 0 Å². The summed E-state index contributed by atoms with van der Waals surface area (Å²) in [7, 11) is 0. The van der Waals surface area contributed by atoms with Crippen LogP contribution < -0.4 is 0 Å². The molecule has 18 nitrogen and oxygen atoms in total. The lowest BCUT2D eigenvalue weighted by molar-refractivity contribution is -0.334. The van der Waals surface area contributed by atoms with Crippen molar-refractivity contribution in [3.63, 3.8) is 0 Å². The first kappa shape index (κ1) is 38.3. The predicted octanol–water partition coefficient (Wildman–Crippen LogP) is -0.357. The molecular weight excluding hydrogens is 624 g/mol. The molecule has 0 aromatic carbocycles. The maximum absolute atomic E-state index is 12.1. The molecule has 0 aromatic heterocycles. The van der Waals surface area contributed by atoms with Crippen LogP contribution in [0.4, 0.5) is 0 Å². The minimum Gasteiger partial charge on any atom is -0.463 e. The fourth-order valence-corrected chi connectivity index (χ4v) is 4.80. The molecule has 0 unspecified atom stereocenters. The highest BCUT2D eigenvalue weighted by Crippen LogP contribution is 2.33. The van der Waals surface area contributed by atoms with Gasteiger partial charge in [0.25, 0.3) is 0 Å². The summed E-state index contributed by atoms with van der Waals surface area (Å²) >= 11 is 0. The molecule has 0 bridgehead atoms. The molecule has 2 rings (SSSR count). The quantitative estimate of drug-likeness (QED) is 0.181. The number of esters is 7. The molecule has 2 fully saturated rings. The third-order valence-electron chi connectivity index (χ3n) is 6.20. The Morgan fingerprint density at radius 3 is 1.11 bits per heavy atom. The third kappa shape index (κ3) is 11.5. The molecule has 0 aliphatic carbocycles. The molecule has 10 atom stereocenters. The van der Waals surface area contributed by atoms with Crippen molar-refractivity contribution in [3.05, 3.63) is 0 Å². The lowest BCUT2D eigenvalue weighted by Gasteiger charge is -2.46. The zero-order valence-electron chi connectivity index (χ0n) is 26.7. The molecule has 2 aliphatic heterocycles. The highest BCUT2D eigenvalue weighted by Gasteiger charge is 2.55. The van der Waals surface area contributed by atoms with Gasteiger partial charge in [0, 0.05) is 55.1 Å². The summed E-state index contributed by atoms with van der Waals surface area (Å²) in [4.78, 5) is 83.9. The second-order valence-electron chi connectivity index (χ2n) is 10.1. The second-order valence-corrected chi connectivity index (χ2v) is 10.1. The van der Waals surface area contributed by atoms with Crippen LogP contribution in [-0.2, 0) is 85.7 Å². The number of carbonyl (C=O) groups excluding carboxylic acids is 7. The summed E-state index contributed by atoms with van der Waals surface area (Å²) < 4.78 is 60.8. The molecule has 46 heavy (non-hydrogen) atoms. The van der Waals surface area contributed by atoms with Crippen molar-refractivity contribution in [2.45, 2.75) is 117 Å². The fraction of sp³-hybridized carbons (Fsp3) is 0.750. The minimum absolute atomic E-state index is 0.0563. The van der Waals surface area contributed by atoms with E-state index in [1.807, 2.05) is 0 Å². The molecule has 0 radical (unpaired) electrons. The summed E-state index contributed by atoms with van der Waals surface area (Å²) in [6.45, 7) is 8.20. The Morgan fingerprint density at radius 1 is 0.435 bits per heavy atom. The SMILES string of the molecule is CCO[C@@H]1O[C@H](CO[C@@H]2O[C@H](COC(C)=O)[C@@H](OC(C)=O)[C@H](OC(C)=O)[C@H]2OC(C)=O)[C@@H](OC(C)=O)[C@H](OC(C)=O)[C@H]1OC(C)=O. The molecule has 2 saturated heterocycles. The van der Waals surface area contributed by atoms with Gasteiger partial charge in [0.15, 0.2) is 49.2 Å². The van der Waals surface area contributed by atoms with Gasteiger partial charge in [-0.3, -0.25) is 33.6 Å². The molecule has 0 amide bonds. The van der Waals surface area contributed by atoms with Gasteiger partial charge in [-0.25, -0.2) is 0 Å². The van der Waals surface area contributed by atoms with Gasteiger partial charge in [-0.2, -0.15) is 0 Å². The maximum Gasteiger partial charge on any atom is 0.303 e. The van der Waals surface area contributed by atoms with E-state index in [0.29, 0.717) is 0 Å². The first-order valence-corrected chi connectivity index (χ1v) is 14.2. The predicted molar refractivity (Wildman–Crippen MR) is 145 cm³/mol.